The maximum absolute atomic E-state index is 13.1. The predicted octanol–water partition coefficient (Wildman–Crippen LogP) is 3.85. The Balaban J connectivity index is 1.69. The molecule has 24 heavy (non-hydrogen) atoms. The van der Waals surface area contributed by atoms with Gasteiger partial charge in [0.05, 0.1) is 17.9 Å². The van der Waals surface area contributed by atoms with Crippen LogP contribution in [0.15, 0.2) is 42.6 Å². The third-order valence-electron chi connectivity index (χ3n) is 4.52. The number of nitrogens with one attached hydrogen (secondary N) is 1. The highest BCUT2D eigenvalue weighted by atomic mass is 19.1. The number of hydrogen-bond acceptors (Lipinski definition) is 2. The molecule has 0 saturated carbocycles. The van der Waals surface area contributed by atoms with Gasteiger partial charge in [-0.05, 0) is 56.9 Å². The maximum Gasteiger partial charge on any atom is 0.221 e. The molecule has 0 radical (unpaired) electrons. The van der Waals surface area contributed by atoms with E-state index in [0.717, 1.165) is 29.8 Å². The lowest BCUT2D eigenvalue weighted by atomic mass is 10.0. The fourth-order valence-electron chi connectivity index (χ4n) is 3.17. The lowest BCUT2D eigenvalue weighted by Crippen LogP contribution is -2.28. The van der Waals surface area contributed by atoms with E-state index in [0.29, 0.717) is 12.3 Å². The predicted molar refractivity (Wildman–Crippen MR) is 91.3 cm³/mol. The molecule has 1 amide bonds. The summed E-state index contributed by atoms with van der Waals surface area (Å²) in [6, 6.07) is 6.09. The molecule has 0 fully saturated rings. The number of carbonyl (C=O) groups excluding carboxylic acids is 1. The summed E-state index contributed by atoms with van der Waals surface area (Å²) in [7, 11) is 0. The van der Waals surface area contributed by atoms with E-state index in [2.05, 4.69) is 22.6 Å². The largest absolute Gasteiger partial charge is 0.349 e. The molecule has 0 unspecified atom stereocenters. The van der Waals surface area contributed by atoms with Gasteiger partial charge in [-0.2, -0.15) is 5.10 Å². The summed E-state index contributed by atoms with van der Waals surface area (Å²) in [6.07, 6.45) is 8.69. The molecular weight excluding hydrogens is 305 g/mol. The number of amides is 1. The Kier molecular flexibility index (Phi) is 4.79. The van der Waals surface area contributed by atoms with E-state index in [1.807, 2.05) is 13.8 Å². The number of benzene rings is 1. The van der Waals surface area contributed by atoms with Crippen LogP contribution in [-0.4, -0.2) is 15.7 Å². The van der Waals surface area contributed by atoms with Crippen LogP contribution in [0.3, 0.4) is 0 Å². The van der Waals surface area contributed by atoms with E-state index >= 15 is 0 Å². The van der Waals surface area contributed by atoms with Crippen molar-refractivity contribution in [2.45, 2.75) is 39.2 Å². The van der Waals surface area contributed by atoms with E-state index in [-0.39, 0.29) is 17.8 Å². The van der Waals surface area contributed by atoms with Gasteiger partial charge in [0.2, 0.25) is 5.91 Å². The van der Waals surface area contributed by atoms with Crippen molar-refractivity contribution in [2.75, 3.05) is 0 Å². The lowest BCUT2D eigenvalue weighted by Gasteiger charge is -2.15. The second-order valence-electron chi connectivity index (χ2n) is 6.33. The van der Waals surface area contributed by atoms with E-state index in [1.165, 1.54) is 12.1 Å². The Bertz CT molecular complexity index is 748. The van der Waals surface area contributed by atoms with Crippen LogP contribution in [0.4, 0.5) is 4.39 Å². The SMILES string of the molecule is Cc1c([C@@H](C)NC(=O)C[C@@H]2C=CCC2)cnn1-c1ccc(F)cc1. The van der Waals surface area contributed by atoms with Crippen LogP contribution in [0, 0.1) is 18.7 Å². The van der Waals surface area contributed by atoms with Crippen LogP contribution in [0.1, 0.15) is 43.5 Å². The number of hydrogen-bond donors (Lipinski definition) is 1. The minimum Gasteiger partial charge on any atom is -0.349 e. The van der Waals surface area contributed by atoms with Gasteiger partial charge in [0.15, 0.2) is 0 Å². The van der Waals surface area contributed by atoms with Crippen molar-refractivity contribution >= 4 is 5.91 Å². The highest BCUT2D eigenvalue weighted by Gasteiger charge is 2.19. The van der Waals surface area contributed by atoms with Crippen LogP contribution in [0.5, 0.6) is 0 Å². The first-order valence-electron chi connectivity index (χ1n) is 8.31. The number of rotatable bonds is 5. The number of nitrogens with zero attached hydrogens (tertiary/aromatic N) is 2. The topological polar surface area (TPSA) is 46.9 Å². The summed E-state index contributed by atoms with van der Waals surface area (Å²) in [5.41, 5.74) is 2.71. The molecule has 126 valence electrons. The van der Waals surface area contributed by atoms with Crippen LogP contribution >= 0.6 is 0 Å². The molecule has 1 N–H and O–H groups in total. The molecule has 4 nitrogen and oxygen atoms in total. The van der Waals surface area contributed by atoms with Crippen molar-refractivity contribution in [3.63, 3.8) is 0 Å². The number of allylic oxidation sites excluding steroid dienone is 2. The molecular formula is C19H22FN3O. The third-order valence-corrected chi connectivity index (χ3v) is 4.52. The van der Waals surface area contributed by atoms with E-state index < -0.39 is 0 Å². The number of aromatic nitrogens is 2. The molecule has 2 atom stereocenters. The second kappa shape index (κ2) is 6.99. The average Bonchev–Trinajstić information content (AvgIpc) is 3.18. The van der Waals surface area contributed by atoms with Crippen molar-refractivity contribution in [1.82, 2.24) is 15.1 Å². The molecule has 1 aromatic carbocycles. The summed E-state index contributed by atoms with van der Waals surface area (Å²) in [5, 5.41) is 7.43. The average molecular weight is 327 g/mol. The summed E-state index contributed by atoms with van der Waals surface area (Å²) >= 11 is 0. The van der Waals surface area contributed by atoms with E-state index in [1.54, 1.807) is 23.0 Å². The molecule has 1 aliphatic carbocycles. The third kappa shape index (κ3) is 3.55. The van der Waals surface area contributed by atoms with Gasteiger partial charge in [0.25, 0.3) is 0 Å². The lowest BCUT2D eigenvalue weighted by molar-refractivity contribution is -0.122. The molecule has 1 heterocycles. The van der Waals surface area contributed by atoms with Gasteiger partial charge in [-0.25, -0.2) is 9.07 Å². The monoisotopic (exact) mass is 327 g/mol. The van der Waals surface area contributed by atoms with Crippen LogP contribution in [-0.2, 0) is 4.79 Å². The second-order valence-corrected chi connectivity index (χ2v) is 6.33. The highest BCUT2D eigenvalue weighted by molar-refractivity contribution is 5.77. The normalized spacial score (nSPS) is 17.9. The first-order valence-corrected chi connectivity index (χ1v) is 8.31. The van der Waals surface area contributed by atoms with Gasteiger partial charge in [0, 0.05) is 17.7 Å². The molecule has 2 aromatic rings. The molecule has 1 aromatic heterocycles. The van der Waals surface area contributed by atoms with E-state index in [4.69, 9.17) is 0 Å². The van der Waals surface area contributed by atoms with Gasteiger partial charge in [0.1, 0.15) is 5.82 Å². The van der Waals surface area contributed by atoms with Gasteiger partial charge < -0.3 is 5.32 Å². The molecule has 0 bridgehead atoms. The van der Waals surface area contributed by atoms with Crippen molar-refractivity contribution < 1.29 is 9.18 Å². The zero-order valence-corrected chi connectivity index (χ0v) is 14.0. The summed E-state index contributed by atoms with van der Waals surface area (Å²) in [4.78, 5) is 12.2. The maximum atomic E-state index is 13.1. The van der Waals surface area contributed by atoms with Crippen LogP contribution < -0.4 is 5.32 Å². The zero-order chi connectivity index (χ0) is 17.1. The van der Waals surface area contributed by atoms with Crippen LogP contribution in [0.2, 0.25) is 0 Å². The standard InChI is InChI=1S/C19H22FN3O/c1-13(22-19(24)11-15-5-3-4-6-15)18-12-21-23(14(18)2)17-9-7-16(20)8-10-17/h3,5,7-10,12-13,15H,4,6,11H2,1-2H3,(H,22,24)/t13-,15-/m1/s1. The molecule has 0 aliphatic heterocycles. The highest BCUT2D eigenvalue weighted by Crippen LogP contribution is 2.23. The first-order chi connectivity index (χ1) is 11.5. The summed E-state index contributed by atoms with van der Waals surface area (Å²) in [5.74, 6) is 0.151. The Labute approximate surface area is 141 Å². The summed E-state index contributed by atoms with van der Waals surface area (Å²) in [6.45, 7) is 3.91. The Morgan fingerprint density at radius 3 is 2.83 bits per heavy atom. The van der Waals surface area contributed by atoms with Gasteiger partial charge in [-0.15, -0.1) is 0 Å². The first kappa shape index (κ1) is 16.4. The van der Waals surface area contributed by atoms with E-state index in [9.17, 15) is 9.18 Å². The molecule has 0 spiro atoms. The molecule has 5 heteroatoms. The van der Waals surface area contributed by atoms with Crippen molar-refractivity contribution in [2.24, 2.45) is 5.92 Å². The Hall–Kier alpha value is -2.43. The Morgan fingerprint density at radius 2 is 2.17 bits per heavy atom. The number of carbonyl (C=O) groups is 1. The van der Waals surface area contributed by atoms with Gasteiger partial charge in [-0.1, -0.05) is 12.2 Å². The Morgan fingerprint density at radius 1 is 1.42 bits per heavy atom. The minimum absolute atomic E-state index is 0.0629. The van der Waals surface area contributed by atoms with Gasteiger partial charge >= 0.3 is 0 Å². The minimum atomic E-state index is -0.273. The molecule has 1 aliphatic rings. The molecule has 3 rings (SSSR count). The molecule has 0 saturated heterocycles. The van der Waals surface area contributed by atoms with Gasteiger partial charge in [-0.3, -0.25) is 4.79 Å². The number of halogens is 1. The fraction of sp³-hybridized carbons (Fsp3) is 0.368. The van der Waals surface area contributed by atoms with Crippen LogP contribution in [0.25, 0.3) is 5.69 Å². The smallest absolute Gasteiger partial charge is 0.221 e. The van der Waals surface area contributed by atoms with Crippen molar-refractivity contribution in [1.29, 1.82) is 0 Å². The van der Waals surface area contributed by atoms with Crippen molar-refractivity contribution in [3.8, 4) is 5.69 Å². The van der Waals surface area contributed by atoms with Crippen molar-refractivity contribution in [3.05, 3.63) is 59.7 Å². The quantitative estimate of drug-likeness (QED) is 0.848. The zero-order valence-electron chi connectivity index (χ0n) is 14.0. The fourth-order valence-corrected chi connectivity index (χ4v) is 3.17. The summed E-state index contributed by atoms with van der Waals surface area (Å²) < 4.78 is 14.8.